The van der Waals surface area contributed by atoms with Gasteiger partial charge >= 0.3 is 0 Å². The molecule has 0 aromatic rings. The van der Waals surface area contributed by atoms with Gasteiger partial charge in [0.25, 0.3) is 0 Å². The molecule has 7 N–H and O–H groups in total. The predicted octanol–water partition coefficient (Wildman–Crippen LogP) is -2.63. The van der Waals surface area contributed by atoms with Gasteiger partial charge in [-0.15, -0.1) is 0 Å². The summed E-state index contributed by atoms with van der Waals surface area (Å²) < 4.78 is 20.7. The third kappa shape index (κ3) is 79.1. The van der Waals surface area contributed by atoms with Crippen molar-refractivity contribution in [1.29, 1.82) is 0 Å². The van der Waals surface area contributed by atoms with Crippen LogP contribution >= 0.6 is 0 Å². The quantitative estimate of drug-likeness (QED) is 0.110. The first-order chi connectivity index (χ1) is 18.4. The molecule has 0 aliphatic heterocycles. The molecule has 0 aliphatic rings. The smallest absolute Gasteiger partial charge is 0.0698 e. The van der Waals surface area contributed by atoms with Crippen LogP contribution in [0.2, 0.25) is 0 Å². The van der Waals surface area contributed by atoms with Gasteiger partial charge in [0.2, 0.25) is 0 Å². The standard InChI is InChI=1S/C8H20N2O.C7H18N2O.2C6H15NO2.2H2O/c1-9(2)5-7-11-8-6-10(3)4;1-8-4-6-10-7-5-9(2)3;2*1-7(2)3-5-9-6-4-8;;/h5-8H2,1-4H3;8H,4-7H2,1-3H3;2*8H,3-6H2,1-2H3;2*1H2. The van der Waals surface area contributed by atoms with Crippen molar-refractivity contribution < 1.29 is 40.1 Å². The Morgan fingerprint density at radius 2 is 0.634 bits per heavy atom. The molecule has 14 heteroatoms. The fraction of sp³-hybridized carbons (Fsp3) is 1.00. The zero-order valence-corrected chi connectivity index (χ0v) is 28.6. The highest BCUT2D eigenvalue weighted by molar-refractivity contribution is 4.43. The lowest BCUT2D eigenvalue weighted by Gasteiger charge is -2.12. The molecule has 0 heterocycles. The lowest BCUT2D eigenvalue weighted by molar-refractivity contribution is 0.0821. The number of hydrogen-bond donors (Lipinski definition) is 3. The molecule has 0 atom stereocenters. The maximum atomic E-state index is 8.29. The third-order valence-corrected chi connectivity index (χ3v) is 4.38. The van der Waals surface area contributed by atoms with Crippen molar-refractivity contribution >= 4 is 0 Å². The van der Waals surface area contributed by atoms with E-state index in [1.165, 1.54) is 0 Å². The van der Waals surface area contributed by atoms with Crippen LogP contribution in [0.1, 0.15) is 0 Å². The maximum Gasteiger partial charge on any atom is 0.0698 e. The molecule has 0 spiro atoms. The van der Waals surface area contributed by atoms with Gasteiger partial charge in [-0.2, -0.15) is 0 Å². The van der Waals surface area contributed by atoms with E-state index in [1.54, 1.807) is 0 Å². The molecule has 41 heavy (non-hydrogen) atoms. The van der Waals surface area contributed by atoms with E-state index < -0.39 is 0 Å². The molecule has 0 radical (unpaired) electrons. The summed E-state index contributed by atoms with van der Waals surface area (Å²) in [5.74, 6) is 0. The van der Waals surface area contributed by atoms with E-state index in [2.05, 4.69) is 48.2 Å². The molecule has 0 fully saturated rings. The zero-order valence-electron chi connectivity index (χ0n) is 28.6. The van der Waals surface area contributed by atoms with Gasteiger partial charge in [-0.25, -0.2) is 0 Å². The number of rotatable bonds is 22. The molecule has 0 aliphatic carbocycles. The lowest BCUT2D eigenvalue weighted by Crippen LogP contribution is -2.22. The van der Waals surface area contributed by atoms with Gasteiger partial charge < -0.3 is 69.9 Å². The Balaban J connectivity index is -0.0000000983. The normalized spacial score (nSPS) is 10.4. The van der Waals surface area contributed by atoms with Crippen molar-refractivity contribution in [1.82, 2.24) is 29.8 Å². The van der Waals surface area contributed by atoms with E-state index in [4.69, 9.17) is 29.2 Å². The van der Waals surface area contributed by atoms with Gasteiger partial charge in [0.1, 0.15) is 0 Å². The molecule has 0 bridgehead atoms. The zero-order chi connectivity index (χ0) is 30.7. The Morgan fingerprint density at radius 1 is 0.415 bits per heavy atom. The van der Waals surface area contributed by atoms with Crippen LogP contribution in [-0.4, -0.2) is 229 Å². The van der Waals surface area contributed by atoms with Crippen molar-refractivity contribution in [2.24, 2.45) is 0 Å². The highest BCUT2D eigenvalue weighted by Crippen LogP contribution is 1.81. The molecule has 0 saturated heterocycles. The predicted molar refractivity (Wildman–Crippen MR) is 171 cm³/mol. The molecule has 0 amide bonds. The van der Waals surface area contributed by atoms with Crippen molar-refractivity contribution in [2.45, 2.75) is 0 Å². The van der Waals surface area contributed by atoms with E-state index in [0.29, 0.717) is 26.4 Å². The van der Waals surface area contributed by atoms with Gasteiger partial charge in [-0.3, -0.25) is 0 Å². The average molecular weight is 609 g/mol. The Hall–Kier alpha value is -0.560. The number of nitrogens with one attached hydrogen (secondary N) is 1. The minimum atomic E-state index is 0. The molecular weight excluding hydrogens is 536 g/mol. The van der Waals surface area contributed by atoms with E-state index in [0.717, 1.165) is 65.7 Å². The van der Waals surface area contributed by atoms with Crippen LogP contribution in [0.5, 0.6) is 0 Å². The molecule has 0 aromatic carbocycles. The molecule has 258 valence electrons. The first-order valence-corrected chi connectivity index (χ1v) is 13.8. The summed E-state index contributed by atoms with van der Waals surface area (Å²) in [5, 5.41) is 19.6. The monoisotopic (exact) mass is 609 g/mol. The van der Waals surface area contributed by atoms with E-state index >= 15 is 0 Å². The van der Waals surface area contributed by atoms with Crippen LogP contribution in [0.3, 0.4) is 0 Å². The van der Waals surface area contributed by atoms with Crippen LogP contribution in [0, 0.1) is 0 Å². The number of nitrogens with zero attached hydrogens (tertiary/aromatic N) is 5. The van der Waals surface area contributed by atoms with Crippen molar-refractivity contribution in [3.05, 3.63) is 0 Å². The summed E-state index contributed by atoms with van der Waals surface area (Å²) in [6, 6.07) is 0. The van der Waals surface area contributed by atoms with Crippen LogP contribution < -0.4 is 5.32 Å². The Bertz CT molecular complexity index is 388. The van der Waals surface area contributed by atoms with Crippen molar-refractivity contribution in [3.63, 3.8) is 0 Å². The minimum absolute atomic E-state index is 0. The van der Waals surface area contributed by atoms with Crippen molar-refractivity contribution in [2.75, 3.05) is 183 Å². The summed E-state index contributed by atoms with van der Waals surface area (Å²) in [6.45, 7) is 11.6. The molecule has 14 nitrogen and oxygen atoms in total. The number of ether oxygens (including phenoxy) is 4. The first kappa shape index (κ1) is 53.0. The van der Waals surface area contributed by atoms with Crippen LogP contribution in [0.15, 0.2) is 0 Å². The Labute approximate surface area is 253 Å². The molecule has 0 aromatic heterocycles. The average Bonchev–Trinajstić information content (AvgIpc) is 2.85. The lowest BCUT2D eigenvalue weighted by atomic mass is 10.6. The maximum absolute atomic E-state index is 8.29. The number of aliphatic hydroxyl groups is 2. The van der Waals surface area contributed by atoms with Gasteiger partial charge in [0.15, 0.2) is 0 Å². The van der Waals surface area contributed by atoms with Crippen molar-refractivity contribution in [3.8, 4) is 0 Å². The SMILES string of the molecule is CN(C)CCOCCN(C)C.CN(C)CCOCCO.CN(C)CCOCCO.CNCCOCCN(C)C.O.O. The number of aliphatic hydroxyl groups excluding tert-OH is 2. The topological polar surface area (TPSA) is 169 Å². The second-order valence-corrected chi connectivity index (χ2v) is 10.0. The van der Waals surface area contributed by atoms with Crippen LogP contribution in [-0.2, 0) is 18.9 Å². The molecule has 0 rings (SSSR count). The Kier molecular flexibility index (Phi) is 60.0. The van der Waals surface area contributed by atoms with E-state index in [1.807, 2.05) is 59.1 Å². The first-order valence-electron chi connectivity index (χ1n) is 13.8. The Morgan fingerprint density at radius 3 is 0.829 bits per heavy atom. The highest BCUT2D eigenvalue weighted by Gasteiger charge is 1.92. The van der Waals surface area contributed by atoms with Gasteiger partial charge in [-0.1, -0.05) is 0 Å². The number of hydrogen-bond acceptors (Lipinski definition) is 12. The van der Waals surface area contributed by atoms with E-state index in [9.17, 15) is 0 Å². The third-order valence-electron chi connectivity index (χ3n) is 4.38. The summed E-state index contributed by atoms with van der Waals surface area (Å²) in [5.41, 5.74) is 0. The number of likely N-dealkylation sites (N-methyl/N-ethyl adjacent to an activating group) is 6. The fourth-order valence-electron chi connectivity index (χ4n) is 1.95. The second kappa shape index (κ2) is 46.4. The van der Waals surface area contributed by atoms with E-state index in [-0.39, 0.29) is 24.2 Å². The molecule has 0 unspecified atom stereocenters. The minimum Gasteiger partial charge on any atom is -0.412 e. The molecular formula is C27H72N6O8. The van der Waals surface area contributed by atoms with Crippen LogP contribution in [0.25, 0.3) is 0 Å². The molecule has 0 saturated carbocycles. The highest BCUT2D eigenvalue weighted by atomic mass is 16.5. The summed E-state index contributed by atoms with van der Waals surface area (Å²) in [6.07, 6.45) is 0. The summed E-state index contributed by atoms with van der Waals surface area (Å²) in [4.78, 5) is 10.4. The summed E-state index contributed by atoms with van der Waals surface area (Å²) >= 11 is 0. The van der Waals surface area contributed by atoms with Crippen LogP contribution in [0.4, 0.5) is 0 Å². The van der Waals surface area contributed by atoms with Gasteiger partial charge in [0, 0.05) is 39.3 Å². The second-order valence-electron chi connectivity index (χ2n) is 10.0. The fourth-order valence-corrected chi connectivity index (χ4v) is 1.95. The van der Waals surface area contributed by atoms with Gasteiger partial charge in [0.05, 0.1) is 66.1 Å². The largest absolute Gasteiger partial charge is 0.412 e. The van der Waals surface area contributed by atoms with Gasteiger partial charge in [-0.05, 0) is 77.5 Å². The summed E-state index contributed by atoms with van der Waals surface area (Å²) in [7, 11) is 22.2.